The third kappa shape index (κ3) is 1.79. The lowest BCUT2D eigenvalue weighted by Gasteiger charge is -2.15. The number of para-hydroxylation sites is 1. The van der Waals surface area contributed by atoms with Gasteiger partial charge >= 0.3 is 5.97 Å². The van der Waals surface area contributed by atoms with Crippen molar-refractivity contribution in [3.8, 4) is 0 Å². The second kappa shape index (κ2) is 4.52. The van der Waals surface area contributed by atoms with E-state index in [9.17, 15) is 9.90 Å². The molecule has 2 aromatic heterocycles. The molecule has 5 nitrogen and oxygen atoms in total. The molecule has 1 unspecified atom stereocenters. The monoisotopic (exact) mass is 270 g/mol. The van der Waals surface area contributed by atoms with Crippen LogP contribution in [0.1, 0.15) is 34.9 Å². The number of rotatable bonds is 3. The van der Waals surface area contributed by atoms with E-state index < -0.39 is 5.97 Å². The van der Waals surface area contributed by atoms with E-state index in [4.69, 9.17) is 4.42 Å². The second-order valence-corrected chi connectivity index (χ2v) is 4.70. The van der Waals surface area contributed by atoms with Crippen LogP contribution in [0.3, 0.4) is 0 Å². The van der Waals surface area contributed by atoms with Crippen molar-refractivity contribution >= 4 is 17.0 Å². The Hall–Kier alpha value is -2.56. The van der Waals surface area contributed by atoms with Crippen molar-refractivity contribution in [2.45, 2.75) is 19.9 Å². The molecule has 0 saturated heterocycles. The second-order valence-electron chi connectivity index (χ2n) is 4.70. The average Bonchev–Trinajstić information content (AvgIpc) is 3.03. The lowest BCUT2D eigenvalue weighted by Crippen LogP contribution is -2.10. The zero-order chi connectivity index (χ0) is 14.3. The predicted molar refractivity (Wildman–Crippen MR) is 74.0 cm³/mol. The Balaban J connectivity index is 2.29. The number of hydrogen-bond acceptors (Lipinski definition) is 3. The van der Waals surface area contributed by atoms with E-state index in [0.717, 1.165) is 11.6 Å². The summed E-state index contributed by atoms with van der Waals surface area (Å²) in [6.45, 7) is 3.83. The highest BCUT2D eigenvalue weighted by Gasteiger charge is 2.21. The normalized spacial score (nSPS) is 12.7. The Bertz CT molecular complexity index is 772. The number of aromatic nitrogens is 2. The number of carboxylic acids is 1. The number of furan rings is 1. The van der Waals surface area contributed by atoms with Crippen LogP contribution in [-0.2, 0) is 0 Å². The molecule has 0 radical (unpaired) electrons. The summed E-state index contributed by atoms with van der Waals surface area (Å²) in [5.41, 5.74) is 1.56. The molecule has 0 saturated carbocycles. The molecule has 20 heavy (non-hydrogen) atoms. The van der Waals surface area contributed by atoms with Crippen LogP contribution >= 0.6 is 0 Å². The number of aromatic carboxylic acids is 1. The quantitative estimate of drug-likeness (QED) is 0.793. The molecule has 0 aliphatic rings. The third-order valence-corrected chi connectivity index (χ3v) is 3.46. The van der Waals surface area contributed by atoms with Crippen LogP contribution in [0.15, 0.2) is 41.0 Å². The van der Waals surface area contributed by atoms with Crippen molar-refractivity contribution in [2.75, 3.05) is 0 Å². The van der Waals surface area contributed by atoms with Gasteiger partial charge in [-0.3, -0.25) is 0 Å². The maximum absolute atomic E-state index is 11.4. The van der Waals surface area contributed by atoms with Crippen LogP contribution in [0, 0.1) is 6.92 Å². The maximum Gasteiger partial charge on any atom is 0.337 e. The first-order valence-corrected chi connectivity index (χ1v) is 6.34. The van der Waals surface area contributed by atoms with E-state index in [2.05, 4.69) is 4.98 Å². The Morgan fingerprint density at radius 1 is 1.35 bits per heavy atom. The van der Waals surface area contributed by atoms with Crippen LogP contribution in [0.5, 0.6) is 0 Å². The van der Waals surface area contributed by atoms with Gasteiger partial charge in [0.2, 0.25) is 0 Å². The minimum Gasteiger partial charge on any atom is -0.478 e. The number of benzene rings is 1. The maximum atomic E-state index is 11.4. The molecule has 0 spiro atoms. The molecule has 5 heteroatoms. The van der Waals surface area contributed by atoms with Gasteiger partial charge in [-0.1, -0.05) is 6.07 Å². The van der Waals surface area contributed by atoms with Crippen molar-refractivity contribution in [1.82, 2.24) is 9.55 Å². The molecule has 0 aliphatic carbocycles. The van der Waals surface area contributed by atoms with Crippen LogP contribution in [-0.4, -0.2) is 20.6 Å². The first-order valence-electron chi connectivity index (χ1n) is 6.34. The summed E-state index contributed by atoms with van der Waals surface area (Å²) in [5, 5.41) is 9.36. The first-order chi connectivity index (χ1) is 9.59. The van der Waals surface area contributed by atoms with E-state index in [-0.39, 0.29) is 11.6 Å². The minimum absolute atomic E-state index is 0.115. The molecule has 1 atom stereocenters. The van der Waals surface area contributed by atoms with Crippen molar-refractivity contribution < 1.29 is 14.3 Å². The molecule has 1 aromatic carbocycles. The summed E-state index contributed by atoms with van der Waals surface area (Å²) >= 11 is 0. The van der Waals surface area contributed by atoms with E-state index in [1.165, 1.54) is 0 Å². The summed E-state index contributed by atoms with van der Waals surface area (Å²) in [6, 6.07) is 8.70. The molecule has 3 aromatic rings. The highest BCUT2D eigenvalue weighted by Crippen LogP contribution is 2.28. The highest BCUT2D eigenvalue weighted by atomic mass is 16.4. The summed E-state index contributed by atoms with van der Waals surface area (Å²) in [6.07, 6.45) is 1.61. The Labute approximate surface area is 115 Å². The van der Waals surface area contributed by atoms with Crippen LogP contribution in [0.4, 0.5) is 0 Å². The largest absolute Gasteiger partial charge is 0.478 e. The minimum atomic E-state index is -0.955. The summed E-state index contributed by atoms with van der Waals surface area (Å²) in [4.78, 5) is 15.9. The van der Waals surface area contributed by atoms with Crippen LogP contribution in [0.25, 0.3) is 11.0 Å². The van der Waals surface area contributed by atoms with Crippen LogP contribution < -0.4 is 0 Å². The first kappa shape index (κ1) is 12.5. The van der Waals surface area contributed by atoms with E-state index in [1.807, 2.05) is 36.6 Å². The predicted octanol–water partition coefficient (Wildman–Crippen LogP) is 3.25. The summed E-state index contributed by atoms with van der Waals surface area (Å²) in [7, 11) is 0. The van der Waals surface area contributed by atoms with Crippen molar-refractivity contribution in [1.29, 1.82) is 0 Å². The molecular weight excluding hydrogens is 256 g/mol. The van der Waals surface area contributed by atoms with Crippen molar-refractivity contribution in [2.24, 2.45) is 0 Å². The fourth-order valence-corrected chi connectivity index (χ4v) is 2.57. The number of imidazole rings is 1. The SMILES string of the molecule is Cc1nc2cccc(C(=O)O)c2n1C(C)c1ccco1. The van der Waals surface area contributed by atoms with Gasteiger partial charge in [0, 0.05) is 0 Å². The molecule has 0 amide bonds. The molecule has 0 aliphatic heterocycles. The molecule has 0 bridgehead atoms. The Morgan fingerprint density at radius 3 is 2.80 bits per heavy atom. The van der Waals surface area contributed by atoms with E-state index in [1.54, 1.807) is 18.4 Å². The molecule has 3 rings (SSSR count). The van der Waals surface area contributed by atoms with E-state index >= 15 is 0 Å². The molecular formula is C15H14N2O3. The van der Waals surface area contributed by atoms with Gasteiger partial charge in [0.15, 0.2) is 0 Å². The van der Waals surface area contributed by atoms with Gasteiger partial charge in [-0.15, -0.1) is 0 Å². The van der Waals surface area contributed by atoms with Gasteiger partial charge in [0.1, 0.15) is 11.6 Å². The Morgan fingerprint density at radius 2 is 2.15 bits per heavy atom. The van der Waals surface area contributed by atoms with Gasteiger partial charge in [-0.25, -0.2) is 9.78 Å². The van der Waals surface area contributed by atoms with Gasteiger partial charge in [0.05, 0.1) is 28.9 Å². The highest BCUT2D eigenvalue weighted by molar-refractivity contribution is 6.01. The standard InChI is InChI=1S/C15H14N2O3/c1-9(13-7-4-8-20-13)17-10(2)16-12-6-3-5-11(14(12)17)15(18)19/h3-9H,1-2H3,(H,18,19). The van der Waals surface area contributed by atoms with Gasteiger partial charge in [-0.2, -0.15) is 0 Å². The smallest absolute Gasteiger partial charge is 0.337 e. The lowest BCUT2D eigenvalue weighted by molar-refractivity contribution is 0.0698. The molecule has 1 N–H and O–H groups in total. The van der Waals surface area contributed by atoms with E-state index in [0.29, 0.717) is 11.0 Å². The fourth-order valence-electron chi connectivity index (χ4n) is 2.57. The number of hydrogen-bond donors (Lipinski definition) is 1. The lowest BCUT2D eigenvalue weighted by atomic mass is 10.1. The number of aryl methyl sites for hydroxylation is 1. The number of nitrogens with zero attached hydrogens (tertiary/aromatic N) is 2. The fraction of sp³-hybridized carbons (Fsp3) is 0.200. The third-order valence-electron chi connectivity index (χ3n) is 3.46. The van der Waals surface area contributed by atoms with Crippen molar-refractivity contribution in [3.63, 3.8) is 0 Å². The summed E-state index contributed by atoms with van der Waals surface area (Å²) < 4.78 is 7.33. The zero-order valence-corrected chi connectivity index (χ0v) is 11.2. The van der Waals surface area contributed by atoms with Crippen LogP contribution in [0.2, 0.25) is 0 Å². The molecule has 0 fully saturated rings. The van der Waals surface area contributed by atoms with Gasteiger partial charge in [0.25, 0.3) is 0 Å². The van der Waals surface area contributed by atoms with Gasteiger partial charge < -0.3 is 14.1 Å². The molecule has 2 heterocycles. The average molecular weight is 270 g/mol. The topological polar surface area (TPSA) is 68.3 Å². The molecule has 102 valence electrons. The Kier molecular flexibility index (Phi) is 2.82. The zero-order valence-electron chi connectivity index (χ0n) is 11.2. The number of fused-ring (bicyclic) bond motifs is 1. The van der Waals surface area contributed by atoms with Crippen molar-refractivity contribution in [3.05, 3.63) is 53.7 Å². The number of carbonyl (C=O) groups is 1. The summed E-state index contributed by atoms with van der Waals surface area (Å²) in [5.74, 6) is 0.577. The number of carboxylic acid groups (broad SMARTS) is 1. The van der Waals surface area contributed by atoms with Gasteiger partial charge in [-0.05, 0) is 38.1 Å².